The topological polar surface area (TPSA) is 78.9 Å². The van der Waals surface area contributed by atoms with Gasteiger partial charge >= 0.3 is 0 Å². The molecule has 4 rings (SSSR count). The predicted molar refractivity (Wildman–Crippen MR) is 98.1 cm³/mol. The monoisotopic (exact) mass is 371 g/mol. The maximum Gasteiger partial charge on any atom is 0.247 e. The van der Waals surface area contributed by atoms with Crippen LogP contribution in [0.4, 0.5) is 0 Å². The molecule has 26 heavy (non-hydrogen) atoms. The highest BCUT2D eigenvalue weighted by Crippen LogP contribution is 2.35. The summed E-state index contributed by atoms with van der Waals surface area (Å²) >= 11 is 1.61. The maximum atomic E-state index is 5.88. The second-order valence-corrected chi connectivity index (χ2v) is 7.60. The molecule has 2 aromatic heterocycles. The highest BCUT2D eigenvalue weighted by Gasteiger charge is 2.21. The summed E-state index contributed by atoms with van der Waals surface area (Å²) in [5, 5.41) is 18.0. The van der Waals surface area contributed by atoms with Gasteiger partial charge in [-0.1, -0.05) is 18.2 Å². The third kappa shape index (κ3) is 3.46. The second-order valence-electron chi connectivity index (χ2n) is 6.30. The predicted octanol–water partition coefficient (Wildman–Crippen LogP) is 3.92. The second kappa shape index (κ2) is 7.49. The molecule has 0 saturated heterocycles. The van der Waals surface area contributed by atoms with Gasteiger partial charge < -0.3 is 13.7 Å². The Balaban J connectivity index is 1.50. The van der Waals surface area contributed by atoms with Crippen LogP contribution in [0.5, 0.6) is 5.75 Å². The molecule has 1 aromatic carbocycles. The van der Waals surface area contributed by atoms with Crippen LogP contribution in [-0.2, 0) is 13.0 Å². The van der Waals surface area contributed by atoms with E-state index in [1.54, 1.807) is 18.9 Å². The molecule has 1 aliphatic rings. The van der Waals surface area contributed by atoms with Crippen molar-refractivity contribution in [3.05, 3.63) is 36.0 Å². The van der Waals surface area contributed by atoms with Crippen LogP contribution in [0.1, 0.15) is 43.2 Å². The standard InChI is InChI=1S/C18H21N5O2S/c1-12(26-18-22-19-15-6-4-3-5-11-23(15)18)16-20-21-17(25-16)13-7-9-14(24-2)10-8-13/h7-10,12H,3-6,11H2,1-2H3/t12-/m0/s1. The molecule has 1 aliphatic heterocycles. The largest absolute Gasteiger partial charge is 0.497 e. The van der Waals surface area contributed by atoms with E-state index in [9.17, 15) is 0 Å². The number of benzene rings is 1. The molecule has 0 amide bonds. The Morgan fingerprint density at radius 3 is 2.73 bits per heavy atom. The Morgan fingerprint density at radius 2 is 1.92 bits per heavy atom. The fourth-order valence-corrected chi connectivity index (χ4v) is 3.93. The Kier molecular flexibility index (Phi) is 4.92. The van der Waals surface area contributed by atoms with Crippen molar-refractivity contribution < 1.29 is 9.15 Å². The van der Waals surface area contributed by atoms with Crippen LogP contribution in [0.15, 0.2) is 33.8 Å². The third-order valence-electron chi connectivity index (χ3n) is 4.48. The summed E-state index contributed by atoms with van der Waals surface area (Å²) in [5.74, 6) is 2.98. The first-order valence-electron chi connectivity index (χ1n) is 8.81. The normalized spacial score (nSPS) is 15.3. The van der Waals surface area contributed by atoms with Gasteiger partial charge in [-0.2, -0.15) is 0 Å². The van der Waals surface area contributed by atoms with Crippen LogP contribution in [0.25, 0.3) is 11.5 Å². The van der Waals surface area contributed by atoms with Gasteiger partial charge in [0.25, 0.3) is 0 Å². The fraction of sp³-hybridized carbons (Fsp3) is 0.444. The molecule has 8 heteroatoms. The lowest BCUT2D eigenvalue weighted by Gasteiger charge is -2.09. The Hall–Kier alpha value is -2.35. The lowest BCUT2D eigenvalue weighted by atomic mass is 10.2. The van der Waals surface area contributed by atoms with Crippen LogP contribution in [0, 0.1) is 0 Å². The summed E-state index contributed by atoms with van der Waals surface area (Å²) in [4.78, 5) is 0. The Bertz CT molecular complexity index is 874. The van der Waals surface area contributed by atoms with Gasteiger partial charge in [0.2, 0.25) is 11.8 Å². The van der Waals surface area contributed by atoms with Crippen LogP contribution in [0.2, 0.25) is 0 Å². The zero-order valence-electron chi connectivity index (χ0n) is 14.9. The number of hydrogen-bond donors (Lipinski definition) is 0. The molecule has 0 N–H and O–H groups in total. The molecule has 0 radical (unpaired) electrons. The molecule has 1 atom stereocenters. The molecular formula is C18H21N5O2S. The van der Waals surface area contributed by atoms with E-state index in [0.29, 0.717) is 11.8 Å². The number of thioether (sulfide) groups is 1. The molecule has 0 aliphatic carbocycles. The average Bonchev–Trinajstić information content (AvgIpc) is 3.23. The van der Waals surface area contributed by atoms with E-state index >= 15 is 0 Å². The number of methoxy groups -OCH3 is 1. The van der Waals surface area contributed by atoms with Gasteiger partial charge in [0.05, 0.1) is 12.4 Å². The minimum atomic E-state index is 0.00560. The number of rotatable bonds is 5. The smallest absolute Gasteiger partial charge is 0.247 e. The summed E-state index contributed by atoms with van der Waals surface area (Å²) in [6, 6.07) is 7.57. The molecule has 136 valence electrons. The van der Waals surface area contributed by atoms with Crippen molar-refractivity contribution in [2.75, 3.05) is 7.11 Å². The van der Waals surface area contributed by atoms with Gasteiger partial charge in [0.1, 0.15) is 11.6 Å². The lowest BCUT2D eigenvalue weighted by molar-refractivity contribution is 0.415. The molecule has 0 unspecified atom stereocenters. The Labute approximate surface area is 156 Å². The SMILES string of the molecule is COc1ccc(-c2nnc([C@H](C)Sc3nnc4n3CCCCC4)o2)cc1. The minimum absolute atomic E-state index is 0.00560. The van der Waals surface area contributed by atoms with Crippen molar-refractivity contribution in [2.24, 2.45) is 0 Å². The first kappa shape index (κ1) is 17.1. The third-order valence-corrected chi connectivity index (χ3v) is 5.55. The van der Waals surface area contributed by atoms with Crippen LogP contribution in [-0.4, -0.2) is 32.1 Å². The van der Waals surface area contributed by atoms with Gasteiger partial charge in [-0.05, 0) is 44.0 Å². The fourth-order valence-electron chi connectivity index (χ4n) is 3.00. The van der Waals surface area contributed by atoms with Gasteiger partial charge in [0, 0.05) is 18.5 Å². The first-order chi connectivity index (χ1) is 12.7. The number of aromatic nitrogens is 5. The van der Waals surface area contributed by atoms with Crippen LogP contribution >= 0.6 is 11.8 Å². The number of nitrogens with zero attached hydrogens (tertiary/aromatic N) is 5. The van der Waals surface area contributed by atoms with Crippen molar-refractivity contribution in [1.82, 2.24) is 25.0 Å². The van der Waals surface area contributed by atoms with Gasteiger partial charge in [-0.15, -0.1) is 20.4 Å². The van der Waals surface area contributed by atoms with Gasteiger partial charge in [-0.25, -0.2) is 0 Å². The molecular weight excluding hydrogens is 350 g/mol. The van der Waals surface area contributed by atoms with Crippen LogP contribution in [0.3, 0.4) is 0 Å². The van der Waals surface area contributed by atoms with Crippen molar-refractivity contribution >= 4 is 11.8 Å². The van der Waals surface area contributed by atoms with E-state index in [1.165, 1.54) is 19.3 Å². The van der Waals surface area contributed by atoms with Crippen molar-refractivity contribution in [3.63, 3.8) is 0 Å². The van der Waals surface area contributed by atoms with Gasteiger partial charge in [0.15, 0.2) is 5.16 Å². The summed E-state index contributed by atoms with van der Waals surface area (Å²) in [5.41, 5.74) is 0.873. The Morgan fingerprint density at radius 1 is 1.08 bits per heavy atom. The zero-order chi connectivity index (χ0) is 17.9. The average molecular weight is 371 g/mol. The molecule has 0 spiro atoms. The van der Waals surface area contributed by atoms with Crippen LogP contribution < -0.4 is 4.74 Å². The van der Waals surface area contributed by atoms with E-state index in [-0.39, 0.29) is 5.25 Å². The highest BCUT2D eigenvalue weighted by atomic mass is 32.2. The number of fused-ring (bicyclic) bond motifs is 1. The first-order valence-corrected chi connectivity index (χ1v) is 9.69. The quantitative estimate of drug-likeness (QED) is 0.629. The molecule has 3 aromatic rings. The summed E-state index contributed by atoms with van der Waals surface area (Å²) in [7, 11) is 1.64. The molecule has 0 bridgehead atoms. The summed E-state index contributed by atoms with van der Waals surface area (Å²) in [6.45, 7) is 3.03. The molecule has 7 nitrogen and oxygen atoms in total. The summed E-state index contributed by atoms with van der Waals surface area (Å²) < 4.78 is 13.3. The number of hydrogen-bond acceptors (Lipinski definition) is 7. The van der Waals surface area contributed by atoms with Gasteiger partial charge in [-0.3, -0.25) is 0 Å². The van der Waals surface area contributed by atoms with E-state index in [1.807, 2.05) is 31.2 Å². The molecule has 3 heterocycles. The van der Waals surface area contributed by atoms with Crippen molar-refractivity contribution in [1.29, 1.82) is 0 Å². The zero-order valence-corrected chi connectivity index (χ0v) is 15.7. The highest BCUT2D eigenvalue weighted by molar-refractivity contribution is 7.99. The van der Waals surface area contributed by atoms with E-state index in [0.717, 1.165) is 35.3 Å². The molecule has 0 saturated carbocycles. The lowest BCUT2D eigenvalue weighted by Crippen LogP contribution is -2.03. The van der Waals surface area contributed by atoms with E-state index < -0.39 is 0 Å². The van der Waals surface area contributed by atoms with Crippen molar-refractivity contribution in [3.8, 4) is 17.2 Å². The summed E-state index contributed by atoms with van der Waals surface area (Å²) in [6.07, 6.45) is 4.62. The van der Waals surface area contributed by atoms with E-state index in [4.69, 9.17) is 9.15 Å². The van der Waals surface area contributed by atoms with E-state index in [2.05, 4.69) is 25.0 Å². The van der Waals surface area contributed by atoms with Crippen molar-refractivity contribution in [2.45, 2.75) is 49.6 Å². The number of ether oxygens (including phenoxy) is 1. The molecule has 0 fully saturated rings. The maximum absolute atomic E-state index is 5.88. The number of aryl methyl sites for hydroxylation is 1. The minimum Gasteiger partial charge on any atom is -0.497 e.